The van der Waals surface area contributed by atoms with Gasteiger partial charge in [-0.1, -0.05) is 19.9 Å². The van der Waals surface area contributed by atoms with Crippen LogP contribution in [0, 0.1) is 0 Å². The monoisotopic (exact) mass is 295 g/mol. The first kappa shape index (κ1) is 17.0. The number of nitrogens with one attached hydrogen (secondary N) is 1. The van der Waals surface area contributed by atoms with E-state index in [1.165, 1.54) is 0 Å². The van der Waals surface area contributed by atoms with Crippen molar-refractivity contribution in [3.63, 3.8) is 0 Å². The van der Waals surface area contributed by atoms with Gasteiger partial charge in [-0.15, -0.1) is 0 Å². The van der Waals surface area contributed by atoms with Crippen molar-refractivity contribution in [3.8, 4) is 0 Å². The van der Waals surface area contributed by atoms with Crippen LogP contribution >= 0.6 is 11.8 Å². The number of hydrogen-bond donors (Lipinski definition) is 2. The number of thioether (sulfide) groups is 1. The summed E-state index contributed by atoms with van der Waals surface area (Å²) in [4.78, 5) is 16.2. The van der Waals surface area contributed by atoms with Crippen LogP contribution in [0.15, 0.2) is 24.4 Å². The summed E-state index contributed by atoms with van der Waals surface area (Å²) in [5.74, 6) is 1.74. The molecule has 1 aromatic rings. The van der Waals surface area contributed by atoms with E-state index >= 15 is 0 Å². The molecular weight excluding hydrogens is 270 g/mol. The van der Waals surface area contributed by atoms with Crippen molar-refractivity contribution in [2.24, 2.45) is 5.73 Å². The Balaban J connectivity index is 2.26. The molecule has 0 atom stereocenters. The van der Waals surface area contributed by atoms with Crippen molar-refractivity contribution < 1.29 is 4.79 Å². The van der Waals surface area contributed by atoms with Crippen molar-refractivity contribution in [1.82, 2.24) is 10.3 Å². The lowest BCUT2D eigenvalue weighted by atomic mass is 9.93. The number of nitrogens with two attached hydrogens (primary N) is 1. The van der Waals surface area contributed by atoms with Crippen LogP contribution in [-0.2, 0) is 10.5 Å². The van der Waals surface area contributed by atoms with E-state index in [0.717, 1.165) is 30.0 Å². The molecule has 0 unspecified atom stereocenters. The molecule has 112 valence electrons. The van der Waals surface area contributed by atoms with Crippen LogP contribution in [0.3, 0.4) is 0 Å². The van der Waals surface area contributed by atoms with Gasteiger partial charge in [0.05, 0.1) is 11.2 Å². The Labute approximate surface area is 125 Å². The highest BCUT2D eigenvalue weighted by molar-refractivity contribution is 7.98. The predicted octanol–water partition coefficient (Wildman–Crippen LogP) is 2.34. The minimum Gasteiger partial charge on any atom is -0.349 e. The summed E-state index contributed by atoms with van der Waals surface area (Å²) in [6.45, 7) is 4.62. The van der Waals surface area contributed by atoms with Gasteiger partial charge < -0.3 is 11.1 Å². The van der Waals surface area contributed by atoms with Gasteiger partial charge in [0.25, 0.3) is 0 Å². The smallest absolute Gasteiger partial charge is 0.221 e. The Morgan fingerprint density at radius 3 is 2.70 bits per heavy atom. The molecule has 0 aliphatic rings. The molecular formula is C15H25N3OS. The van der Waals surface area contributed by atoms with Crippen LogP contribution < -0.4 is 11.1 Å². The number of aromatic nitrogens is 1. The van der Waals surface area contributed by atoms with Gasteiger partial charge in [0, 0.05) is 30.7 Å². The minimum atomic E-state index is -0.233. The molecule has 0 saturated heterocycles. The van der Waals surface area contributed by atoms with Crippen LogP contribution in [0.1, 0.15) is 38.8 Å². The van der Waals surface area contributed by atoms with E-state index in [9.17, 15) is 4.79 Å². The van der Waals surface area contributed by atoms with Gasteiger partial charge in [0.15, 0.2) is 0 Å². The van der Waals surface area contributed by atoms with Crippen LogP contribution in [0.25, 0.3) is 0 Å². The Kier molecular flexibility index (Phi) is 7.62. The normalized spacial score (nSPS) is 11.3. The van der Waals surface area contributed by atoms with E-state index < -0.39 is 0 Å². The molecule has 0 bridgehead atoms. The molecule has 0 aromatic carbocycles. The maximum absolute atomic E-state index is 12.0. The molecule has 4 nitrogen and oxygen atoms in total. The Morgan fingerprint density at radius 2 is 2.15 bits per heavy atom. The summed E-state index contributed by atoms with van der Waals surface area (Å²) in [7, 11) is 0. The maximum Gasteiger partial charge on any atom is 0.221 e. The number of carbonyl (C=O) groups is 1. The molecule has 0 radical (unpaired) electrons. The molecule has 0 aliphatic heterocycles. The number of pyridine rings is 1. The van der Waals surface area contributed by atoms with E-state index in [-0.39, 0.29) is 11.4 Å². The third-order valence-corrected chi connectivity index (χ3v) is 4.59. The van der Waals surface area contributed by atoms with Crippen LogP contribution in [0.5, 0.6) is 0 Å². The second kappa shape index (κ2) is 8.97. The van der Waals surface area contributed by atoms with Gasteiger partial charge in [-0.2, -0.15) is 11.8 Å². The summed E-state index contributed by atoms with van der Waals surface area (Å²) in [6.07, 6.45) is 4.06. The fraction of sp³-hybridized carbons (Fsp3) is 0.600. The molecule has 1 heterocycles. The van der Waals surface area contributed by atoms with Gasteiger partial charge in [-0.3, -0.25) is 9.78 Å². The lowest BCUT2D eigenvalue weighted by molar-refractivity contribution is -0.122. The van der Waals surface area contributed by atoms with Crippen molar-refractivity contribution in [2.45, 2.75) is 44.4 Å². The summed E-state index contributed by atoms with van der Waals surface area (Å²) in [5, 5.41) is 3.09. The molecule has 0 saturated carbocycles. The van der Waals surface area contributed by atoms with E-state index in [1.54, 1.807) is 18.0 Å². The number of hydrogen-bond acceptors (Lipinski definition) is 4. The summed E-state index contributed by atoms with van der Waals surface area (Å²) in [5.41, 5.74) is 6.60. The lowest BCUT2D eigenvalue weighted by Gasteiger charge is -2.31. The first-order valence-corrected chi connectivity index (χ1v) is 8.30. The Morgan fingerprint density at radius 1 is 1.40 bits per heavy atom. The highest BCUT2D eigenvalue weighted by atomic mass is 32.2. The zero-order valence-electron chi connectivity index (χ0n) is 12.4. The average molecular weight is 295 g/mol. The largest absolute Gasteiger partial charge is 0.349 e. The summed E-state index contributed by atoms with van der Waals surface area (Å²) >= 11 is 1.73. The maximum atomic E-state index is 12.0. The molecule has 1 rings (SSSR count). The van der Waals surface area contributed by atoms with E-state index in [2.05, 4.69) is 24.1 Å². The van der Waals surface area contributed by atoms with E-state index in [4.69, 9.17) is 5.73 Å². The molecule has 0 spiro atoms. The first-order chi connectivity index (χ1) is 9.65. The molecule has 0 aliphatic carbocycles. The van der Waals surface area contributed by atoms with Crippen molar-refractivity contribution in [1.29, 1.82) is 0 Å². The summed E-state index contributed by atoms with van der Waals surface area (Å²) in [6, 6.07) is 5.89. The van der Waals surface area contributed by atoms with Crippen LogP contribution in [0.4, 0.5) is 0 Å². The van der Waals surface area contributed by atoms with Crippen LogP contribution in [0.2, 0.25) is 0 Å². The van der Waals surface area contributed by atoms with Gasteiger partial charge in [0.2, 0.25) is 5.91 Å². The standard InChI is InChI=1S/C15H25N3OS/c1-3-15(4-2,12-16)18-14(19)8-10-20-11-13-7-5-6-9-17-13/h5-7,9H,3-4,8,10-12,16H2,1-2H3,(H,18,19). The third kappa shape index (κ3) is 5.51. The SMILES string of the molecule is CCC(CC)(CN)NC(=O)CCSCc1ccccn1. The minimum absolute atomic E-state index is 0.0904. The lowest BCUT2D eigenvalue weighted by Crippen LogP contribution is -2.52. The third-order valence-electron chi connectivity index (χ3n) is 3.60. The molecule has 5 heteroatoms. The zero-order valence-corrected chi connectivity index (χ0v) is 13.2. The topological polar surface area (TPSA) is 68.0 Å². The molecule has 0 fully saturated rings. The highest BCUT2D eigenvalue weighted by Crippen LogP contribution is 2.15. The van der Waals surface area contributed by atoms with E-state index in [0.29, 0.717) is 13.0 Å². The molecule has 1 aromatic heterocycles. The molecule has 1 amide bonds. The average Bonchev–Trinajstić information content (AvgIpc) is 2.50. The Hall–Kier alpha value is -1.07. The fourth-order valence-corrected chi connectivity index (χ4v) is 2.80. The number of nitrogens with zero attached hydrogens (tertiary/aromatic N) is 1. The summed E-state index contributed by atoms with van der Waals surface area (Å²) < 4.78 is 0. The predicted molar refractivity (Wildman–Crippen MR) is 85.5 cm³/mol. The van der Waals surface area contributed by atoms with Gasteiger partial charge in [0.1, 0.15) is 0 Å². The van der Waals surface area contributed by atoms with Crippen molar-refractivity contribution >= 4 is 17.7 Å². The zero-order chi connectivity index (χ0) is 14.8. The number of rotatable bonds is 9. The fourth-order valence-electron chi connectivity index (χ4n) is 1.95. The van der Waals surface area contributed by atoms with Crippen molar-refractivity contribution in [3.05, 3.63) is 30.1 Å². The second-order valence-electron chi connectivity index (χ2n) is 4.86. The van der Waals surface area contributed by atoms with Crippen LogP contribution in [-0.4, -0.2) is 28.7 Å². The van der Waals surface area contributed by atoms with E-state index in [1.807, 2.05) is 18.2 Å². The molecule has 3 N–H and O–H groups in total. The molecule has 20 heavy (non-hydrogen) atoms. The van der Waals surface area contributed by atoms with Crippen molar-refractivity contribution in [2.75, 3.05) is 12.3 Å². The van der Waals surface area contributed by atoms with Gasteiger partial charge >= 0.3 is 0 Å². The quantitative estimate of drug-likeness (QED) is 0.686. The van der Waals surface area contributed by atoms with Gasteiger partial charge in [-0.25, -0.2) is 0 Å². The number of carbonyl (C=O) groups excluding carboxylic acids is 1. The van der Waals surface area contributed by atoms with Gasteiger partial charge in [-0.05, 0) is 25.0 Å². The Bertz CT molecular complexity index is 385. The number of amides is 1. The first-order valence-electron chi connectivity index (χ1n) is 7.14. The second-order valence-corrected chi connectivity index (χ2v) is 5.97. The highest BCUT2D eigenvalue weighted by Gasteiger charge is 2.25.